The van der Waals surface area contributed by atoms with E-state index < -0.39 is 183 Å². The van der Waals surface area contributed by atoms with E-state index in [0.29, 0.717) is 11.5 Å². The van der Waals surface area contributed by atoms with Gasteiger partial charge in [0.2, 0.25) is 35.5 Å². The van der Waals surface area contributed by atoms with E-state index in [4.69, 9.17) is 74.3 Å². The van der Waals surface area contributed by atoms with Crippen LogP contribution < -0.4 is 73.3 Å². The molecule has 40 heteroatoms. The van der Waals surface area contributed by atoms with Crippen LogP contribution in [0.25, 0.3) is 11.2 Å². The van der Waals surface area contributed by atoms with E-state index in [9.17, 15) is 69.0 Å². The van der Waals surface area contributed by atoms with Crippen LogP contribution in [0.1, 0.15) is 37.7 Å². The Morgan fingerprint density at radius 3 is 1.82 bits per heavy atom. The number of carbonyl (C=O) groups is 5. The Labute approximate surface area is 539 Å². The molecule has 522 valence electrons. The number of aliphatic hydroxyl groups is 6. The number of primary amides is 1. The number of hydrogen-bond acceptors (Lipinski definition) is 31. The number of H-pyrrole nitrogens is 2. The summed E-state index contributed by atoms with van der Waals surface area (Å²) in [6.07, 6.45) is -14.5. The van der Waals surface area contributed by atoms with E-state index in [-0.39, 0.29) is 85.8 Å². The van der Waals surface area contributed by atoms with E-state index in [2.05, 4.69) is 30.6 Å². The largest absolute Gasteiger partial charge is 0.389 e. The minimum Gasteiger partial charge on any atom is -0.389 e. The zero-order valence-corrected chi connectivity index (χ0v) is 52.7. The van der Waals surface area contributed by atoms with Crippen molar-refractivity contribution >= 4 is 70.2 Å². The van der Waals surface area contributed by atoms with Crippen LogP contribution in [-0.4, -0.2) is 291 Å². The van der Waals surface area contributed by atoms with Gasteiger partial charge in [-0.25, -0.2) is 9.78 Å². The number of aryl methyl sites for hydroxylation is 1. The first-order valence-corrected chi connectivity index (χ1v) is 32.5. The van der Waals surface area contributed by atoms with Crippen molar-refractivity contribution in [3.8, 4) is 0 Å². The topological polar surface area (TPSA) is 619 Å². The Balaban J connectivity index is 0.872. The fourth-order valence-electron chi connectivity index (χ4n) is 10.9. The van der Waals surface area contributed by atoms with Crippen LogP contribution in [0.2, 0.25) is 0 Å². The third-order valence-electron chi connectivity index (χ3n) is 16.1. The number of ether oxygens (including phenoxy) is 6. The number of thioether (sulfide) groups is 2. The second-order valence-electron chi connectivity index (χ2n) is 23.1. The molecule has 0 bridgehead atoms. The molecule has 3 aliphatic heterocycles. The summed E-state index contributed by atoms with van der Waals surface area (Å²) in [5, 5.41) is 71.0. The average molecular weight is 1360 g/mol. The van der Waals surface area contributed by atoms with Gasteiger partial charge in [0.05, 0.1) is 49.5 Å². The number of anilines is 1. The first-order chi connectivity index (χ1) is 44.2. The lowest BCUT2D eigenvalue weighted by Crippen LogP contribution is -2.68. The van der Waals surface area contributed by atoms with Crippen LogP contribution in [0.4, 0.5) is 5.95 Å². The molecule has 0 radical (unpaired) electrons. The van der Waals surface area contributed by atoms with Gasteiger partial charge in [-0.15, -0.1) is 0 Å². The van der Waals surface area contributed by atoms with Gasteiger partial charge in [-0.1, -0.05) is 12.8 Å². The molecule has 3 aromatic rings. The van der Waals surface area contributed by atoms with Gasteiger partial charge in [0.15, 0.2) is 30.0 Å². The zero-order valence-electron chi connectivity index (χ0n) is 51.1. The van der Waals surface area contributed by atoms with Gasteiger partial charge in [0.1, 0.15) is 74.1 Å². The van der Waals surface area contributed by atoms with Gasteiger partial charge in [-0.2, -0.15) is 28.5 Å². The lowest BCUT2D eigenvalue weighted by molar-refractivity contribution is -0.306. The molecule has 5 amide bonds. The Kier molecular flexibility index (Phi) is 27.8. The number of hydrogen-bond donors (Lipinski definition) is 18. The van der Waals surface area contributed by atoms with Crippen molar-refractivity contribution < 1.29 is 83.0 Å². The summed E-state index contributed by atoms with van der Waals surface area (Å²) >= 11 is 2.86. The second kappa shape index (κ2) is 34.7. The van der Waals surface area contributed by atoms with Crippen molar-refractivity contribution in [3.05, 3.63) is 49.3 Å². The minimum atomic E-state index is -1.59. The van der Waals surface area contributed by atoms with E-state index in [0.717, 1.165) is 40.1 Å². The molecular weight excluding hydrogens is 1270 g/mol. The summed E-state index contributed by atoms with van der Waals surface area (Å²) in [5.41, 5.74) is 45.9. The molecule has 26 N–H and O–H groups in total. The summed E-state index contributed by atoms with van der Waals surface area (Å²) in [4.78, 5) is 116. The van der Waals surface area contributed by atoms with Crippen molar-refractivity contribution in [1.29, 1.82) is 0 Å². The van der Waals surface area contributed by atoms with E-state index >= 15 is 0 Å². The minimum absolute atomic E-state index is 0.00473. The molecule has 6 heterocycles. The fraction of sp³-hybridized carbons (Fsp3) is 0.736. The number of aromatic nitrogens is 6. The predicted octanol–water partition coefficient (Wildman–Crippen LogP) is -10.9. The highest BCUT2D eigenvalue weighted by atomic mass is 32.2. The number of fused-ring (bicyclic) bond motifs is 1. The standard InChI is InChI=1S/C53H88N18O20S2/c1-23-15-70(53(85)67-47(23)83)18-32(75)68(16-29(58)72)8-6-62-30(73)17-69(33(76)19-71-22-64-36-46(71)65-52(61)66-48(36)84)9-7-63-31(74)21-93-11-5-3-2-4-10-92-20-28-44(90-50-35(60)41(81)39(79)27(14-55)87-50)42(82)51(88-28)91-45-37(77)24(56)12-25(57)43(45)89-49-34(59)40(80)38(78)26(13-54)86-49/h15,22,24-28,34-35,37-45,49-51,77-82H,2-14,16-21,54-57,59-60H2,1H3,(H2,58,72)(H,62,73)(H,63,74)(H,67,83,85)(H3,61,65,66,84)/t24-,25+,26-,27+,28-,34-,35-,37+,38-,39-,40-,41-,42-,43-,44-,45-,49-,50-,51+/m1/s1. The first kappa shape index (κ1) is 74.6. The monoisotopic (exact) mass is 1360 g/mol. The number of imidazole rings is 1. The van der Waals surface area contributed by atoms with Gasteiger partial charge in [-0.3, -0.25) is 48.1 Å². The molecule has 3 saturated heterocycles. The van der Waals surface area contributed by atoms with E-state index in [1.165, 1.54) is 47.5 Å². The third kappa shape index (κ3) is 19.7. The zero-order chi connectivity index (χ0) is 68.0. The Morgan fingerprint density at radius 1 is 0.667 bits per heavy atom. The Bertz CT molecular complexity index is 3170. The number of rotatable bonds is 33. The fourth-order valence-corrected chi connectivity index (χ4v) is 12.8. The summed E-state index contributed by atoms with van der Waals surface area (Å²) in [7, 11) is 0. The van der Waals surface area contributed by atoms with Gasteiger partial charge in [0, 0.05) is 68.9 Å². The molecule has 0 aromatic carbocycles. The number of nitrogens with zero attached hydrogens (tertiary/aromatic N) is 6. The molecule has 38 nitrogen and oxygen atoms in total. The van der Waals surface area contributed by atoms with Crippen LogP contribution in [0, 0.1) is 6.92 Å². The third-order valence-corrected chi connectivity index (χ3v) is 18.3. The van der Waals surface area contributed by atoms with Crippen LogP contribution >= 0.6 is 23.5 Å². The number of aliphatic hydroxyl groups excluding tert-OH is 6. The quantitative estimate of drug-likeness (QED) is 0.0252. The smallest absolute Gasteiger partial charge is 0.328 e. The molecule has 0 unspecified atom stereocenters. The molecule has 93 heavy (non-hydrogen) atoms. The summed E-state index contributed by atoms with van der Waals surface area (Å²) in [5.74, 6) is -1.94. The number of nitrogens with two attached hydrogens (primary N) is 8. The highest BCUT2D eigenvalue weighted by Gasteiger charge is 2.54. The number of nitrogens with one attached hydrogen (secondary N) is 4. The summed E-state index contributed by atoms with van der Waals surface area (Å²) in [6, 6.07) is -4.39. The lowest BCUT2D eigenvalue weighted by atomic mass is 9.84. The van der Waals surface area contributed by atoms with E-state index in [1.54, 1.807) is 0 Å². The van der Waals surface area contributed by atoms with Crippen molar-refractivity contribution in [2.75, 3.05) is 81.1 Å². The molecule has 1 saturated carbocycles. The number of carbonyl (C=O) groups excluding carboxylic acids is 5. The maximum Gasteiger partial charge on any atom is 0.328 e. The number of amides is 5. The molecule has 1 aliphatic carbocycles. The summed E-state index contributed by atoms with van der Waals surface area (Å²) in [6.45, 7) is -1.75. The number of nitrogen functional groups attached to an aromatic ring is 1. The number of unbranched alkanes of at least 4 members (excludes halogenated alkanes) is 3. The van der Waals surface area contributed by atoms with Crippen LogP contribution in [0.5, 0.6) is 0 Å². The van der Waals surface area contributed by atoms with Crippen molar-refractivity contribution in [3.63, 3.8) is 0 Å². The van der Waals surface area contributed by atoms with Gasteiger partial charge < -0.3 is 130 Å². The SMILES string of the molecule is Cc1cn(CC(=O)N(CCNC(=O)CN(CCNC(=O)CSCCCCCCSC[C@H]2O[C@@H](O[C@@H]3[C@@H](O)[C@H](N)C[C@H](N)[C@H]3O[C@H]3O[C@H](CN)[C@@H](O)[C@H](O)[C@H]3N)[C@H](O)[C@@H]2O[C@H]2O[C@@H](CN)[C@@H](O)[C@H](O)[C@H]2N)C(=O)Cn2cnc3c(=O)[nH]c(N)nc32)CC(N)=O)c(=O)[nH]c1=O. The second-order valence-corrected chi connectivity index (χ2v) is 25.4. The number of aromatic amines is 2. The van der Waals surface area contributed by atoms with Crippen LogP contribution in [0.15, 0.2) is 26.9 Å². The van der Waals surface area contributed by atoms with Gasteiger partial charge in [0.25, 0.3) is 11.1 Å². The molecule has 4 fully saturated rings. The van der Waals surface area contributed by atoms with Gasteiger partial charge in [-0.05, 0) is 37.7 Å². The van der Waals surface area contributed by atoms with Crippen LogP contribution in [0.3, 0.4) is 0 Å². The molecule has 4 aliphatic rings. The Morgan fingerprint density at radius 2 is 1.22 bits per heavy atom. The first-order valence-electron chi connectivity index (χ1n) is 30.2. The molecule has 7 rings (SSSR count). The van der Waals surface area contributed by atoms with Crippen molar-refractivity contribution in [1.82, 2.24) is 49.5 Å². The highest BCUT2D eigenvalue weighted by Crippen LogP contribution is 2.36. The van der Waals surface area contributed by atoms with Crippen molar-refractivity contribution in [2.45, 2.75) is 168 Å². The van der Waals surface area contributed by atoms with Gasteiger partial charge >= 0.3 is 5.69 Å². The molecule has 0 spiro atoms. The molecule has 19 atom stereocenters. The normalized spacial score (nSPS) is 30.5. The molecule has 3 aromatic heterocycles. The maximum absolute atomic E-state index is 13.8. The maximum atomic E-state index is 13.8. The van der Waals surface area contributed by atoms with Crippen molar-refractivity contribution in [2.24, 2.45) is 40.1 Å². The predicted molar refractivity (Wildman–Crippen MR) is 331 cm³/mol. The molecular formula is C53H88N18O20S2. The van der Waals surface area contributed by atoms with E-state index in [1.807, 2.05) is 0 Å². The van der Waals surface area contributed by atoms with Crippen LogP contribution in [-0.2, 0) is 65.5 Å². The highest BCUT2D eigenvalue weighted by molar-refractivity contribution is 8.00. The average Bonchev–Trinajstić information content (AvgIpc) is 1.78. The Hall–Kier alpha value is -5.84. The summed E-state index contributed by atoms with van der Waals surface area (Å²) < 4.78 is 38.8. The lowest BCUT2D eigenvalue weighted by Gasteiger charge is -2.47.